The van der Waals surface area contributed by atoms with E-state index in [0.29, 0.717) is 5.56 Å². The first-order chi connectivity index (χ1) is 16.0. The van der Waals surface area contributed by atoms with E-state index in [4.69, 9.17) is 0 Å². The van der Waals surface area contributed by atoms with Gasteiger partial charge in [0.05, 0.1) is 11.9 Å². The lowest BCUT2D eigenvalue weighted by atomic mass is 10.1. The second-order valence-electron chi connectivity index (χ2n) is 8.31. The van der Waals surface area contributed by atoms with E-state index in [0.717, 1.165) is 39.1 Å². The summed E-state index contributed by atoms with van der Waals surface area (Å²) >= 11 is 0. The van der Waals surface area contributed by atoms with Crippen LogP contribution in [-0.4, -0.2) is 29.1 Å². The van der Waals surface area contributed by atoms with Crippen molar-refractivity contribution in [1.82, 2.24) is 9.99 Å². The molecule has 0 aliphatic carbocycles. The van der Waals surface area contributed by atoms with Gasteiger partial charge in [0.15, 0.2) is 0 Å². The van der Waals surface area contributed by atoms with E-state index in [2.05, 4.69) is 34.2 Å². The molecule has 0 spiro atoms. The first kappa shape index (κ1) is 20.7. The third-order valence-electron chi connectivity index (χ3n) is 6.17. The Hall–Kier alpha value is -4.19. The molecule has 1 aliphatic heterocycles. The quantitative estimate of drug-likeness (QED) is 0.365. The topological polar surface area (TPSA) is 66.7 Å². The molecule has 0 unspecified atom stereocenters. The Bertz CT molecular complexity index is 1440. The van der Waals surface area contributed by atoms with Gasteiger partial charge in [0.2, 0.25) is 0 Å². The summed E-state index contributed by atoms with van der Waals surface area (Å²) < 4.78 is 2.18. The Labute approximate surface area is 192 Å². The predicted octanol–water partition coefficient (Wildman–Crippen LogP) is 4.67. The Morgan fingerprint density at radius 3 is 2.48 bits per heavy atom. The van der Waals surface area contributed by atoms with Gasteiger partial charge < -0.3 is 4.57 Å². The van der Waals surface area contributed by atoms with Gasteiger partial charge in [0, 0.05) is 33.6 Å². The van der Waals surface area contributed by atoms with Crippen LogP contribution in [0.25, 0.3) is 16.5 Å². The molecule has 2 heterocycles. The van der Waals surface area contributed by atoms with Crippen LogP contribution in [0.3, 0.4) is 0 Å². The minimum absolute atomic E-state index is 0.0911. The van der Waals surface area contributed by atoms with Crippen LogP contribution >= 0.6 is 0 Å². The minimum atomic E-state index is -0.350. The summed E-state index contributed by atoms with van der Waals surface area (Å²) in [5, 5.41) is 6.04. The molecule has 0 radical (unpaired) electrons. The van der Waals surface area contributed by atoms with Crippen LogP contribution in [0.1, 0.15) is 32.9 Å². The third kappa shape index (κ3) is 3.49. The fourth-order valence-corrected chi connectivity index (χ4v) is 4.59. The van der Waals surface area contributed by atoms with Crippen molar-refractivity contribution < 1.29 is 9.59 Å². The summed E-state index contributed by atoms with van der Waals surface area (Å²) in [7, 11) is 0. The van der Waals surface area contributed by atoms with E-state index in [1.165, 1.54) is 10.5 Å². The molecule has 1 aromatic heterocycles. The number of hydrogen-bond donors (Lipinski definition) is 1. The molecule has 6 heteroatoms. The summed E-state index contributed by atoms with van der Waals surface area (Å²) in [6, 6.07) is 21.6. The van der Waals surface area contributed by atoms with Crippen molar-refractivity contribution in [2.75, 3.05) is 11.4 Å². The number of aromatic nitrogens is 1. The molecule has 4 aromatic rings. The van der Waals surface area contributed by atoms with Crippen molar-refractivity contribution in [3.63, 3.8) is 0 Å². The molecule has 6 nitrogen and oxygen atoms in total. The molecule has 3 aromatic carbocycles. The van der Waals surface area contributed by atoms with E-state index in [1.54, 1.807) is 12.3 Å². The fraction of sp³-hybridized carbons (Fsp3) is 0.148. The molecule has 1 N–H and O–H groups in total. The lowest BCUT2D eigenvalue weighted by Gasteiger charge is -2.16. The normalized spacial score (nSPS) is 12.8. The second-order valence-corrected chi connectivity index (χ2v) is 8.31. The monoisotopic (exact) mass is 436 g/mol. The summed E-state index contributed by atoms with van der Waals surface area (Å²) in [6.07, 6.45) is 1.65. The largest absolute Gasteiger partial charge is 0.318 e. The van der Waals surface area contributed by atoms with Crippen LogP contribution in [0.5, 0.6) is 0 Å². The number of hydrogen-bond acceptors (Lipinski definition) is 3. The zero-order valence-corrected chi connectivity index (χ0v) is 18.8. The highest BCUT2D eigenvalue weighted by atomic mass is 16.2. The van der Waals surface area contributed by atoms with Crippen molar-refractivity contribution in [2.45, 2.75) is 20.8 Å². The van der Waals surface area contributed by atoms with Crippen LogP contribution in [0.4, 0.5) is 5.69 Å². The van der Waals surface area contributed by atoms with Gasteiger partial charge in [-0.25, -0.2) is 5.43 Å². The summed E-state index contributed by atoms with van der Waals surface area (Å²) in [5.41, 5.74) is 9.31. The number of amides is 2. The number of nitrogens with zero attached hydrogens (tertiary/aromatic N) is 3. The van der Waals surface area contributed by atoms with Crippen molar-refractivity contribution in [3.8, 4) is 5.69 Å². The summed E-state index contributed by atoms with van der Waals surface area (Å²) in [5.74, 6) is -0.514. The minimum Gasteiger partial charge on any atom is -0.318 e. The first-order valence-electron chi connectivity index (χ1n) is 10.9. The van der Waals surface area contributed by atoms with E-state index in [-0.39, 0.29) is 18.4 Å². The highest BCUT2D eigenvalue weighted by molar-refractivity contribution is 6.26. The SMILES string of the molecule is Cc1ccccc1-n1c(C)cc(/C=N\NC(=O)CN2C(=O)c3cccc4cccc2c34)c1C. The van der Waals surface area contributed by atoms with Crippen LogP contribution in [-0.2, 0) is 4.79 Å². The Kier molecular flexibility index (Phi) is 5.05. The highest BCUT2D eigenvalue weighted by Gasteiger charge is 2.30. The molecule has 0 fully saturated rings. The first-order valence-corrected chi connectivity index (χ1v) is 10.9. The van der Waals surface area contributed by atoms with E-state index >= 15 is 0 Å². The average Bonchev–Trinajstić information content (AvgIpc) is 3.24. The maximum Gasteiger partial charge on any atom is 0.260 e. The standard InChI is InChI=1S/C27H24N4O2/c1-17-8-4-5-12-23(17)31-18(2)14-21(19(31)3)15-28-29-25(32)16-30-24-13-7-10-20-9-6-11-22(26(20)24)27(30)33/h4-15H,16H2,1-3H3,(H,29,32)/b28-15-. The van der Waals surface area contributed by atoms with Gasteiger partial charge >= 0.3 is 0 Å². The molecule has 0 atom stereocenters. The van der Waals surface area contributed by atoms with E-state index < -0.39 is 0 Å². The average molecular weight is 437 g/mol. The van der Waals surface area contributed by atoms with Gasteiger partial charge in [-0.05, 0) is 56.0 Å². The number of nitrogens with one attached hydrogen (secondary N) is 1. The molecule has 0 saturated carbocycles. The fourth-order valence-electron chi connectivity index (χ4n) is 4.59. The zero-order valence-electron chi connectivity index (χ0n) is 18.8. The number of carbonyl (C=O) groups excluding carboxylic acids is 2. The van der Waals surface area contributed by atoms with Crippen LogP contribution in [0, 0.1) is 20.8 Å². The Morgan fingerprint density at radius 2 is 1.70 bits per heavy atom. The number of para-hydroxylation sites is 1. The van der Waals surface area contributed by atoms with Crippen LogP contribution in [0.2, 0.25) is 0 Å². The Morgan fingerprint density at radius 1 is 0.970 bits per heavy atom. The van der Waals surface area contributed by atoms with Gasteiger partial charge in [-0.15, -0.1) is 0 Å². The number of hydrazone groups is 1. The number of carbonyl (C=O) groups is 2. The second kappa shape index (κ2) is 8.06. The molecule has 164 valence electrons. The van der Waals surface area contributed by atoms with Gasteiger partial charge in [0.1, 0.15) is 6.54 Å². The summed E-state index contributed by atoms with van der Waals surface area (Å²) in [4.78, 5) is 27.0. The molecular formula is C27H24N4O2. The number of benzene rings is 3. The number of anilines is 1. The van der Waals surface area contributed by atoms with Crippen LogP contribution < -0.4 is 10.3 Å². The predicted molar refractivity (Wildman–Crippen MR) is 131 cm³/mol. The van der Waals surface area contributed by atoms with Gasteiger partial charge in [-0.2, -0.15) is 5.10 Å². The molecule has 0 bridgehead atoms. The van der Waals surface area contributed by atoms with Gasteiger partial charge in [-0.1, -0.05) is 42.5 Å². The van der Waals surface area contributed by atoms with Crippen LogP contribution in [0.15, 0.2) is 71.8 Å². The molecule has 5 rings (SSSR count). The number of aryl methyl sites for hydroxylation is 2. The molecule has 2 amide bonds. The van der Waals surface area contributed by atoms with E-state index in [1.807, 2.05) is 62.4 Å². The lowest BCUT2D eigenvalue weighted by molar-refractivity contribution is -0.119. The van der Waals surface area contributed by atoms with Crippen molar-refractivity contribution in [1.29, 1.82) is 0 Å². The van der Waals surface area contributed by atoms with Crippen molar-refractivity contribution >= 4 is 34.5 Å². The molecule has 33 heavy (non-hydrogen) atoms. The molecule has 0 saturated heterocycles. The number of rotatable bonds is 5. The molecular weight excluding hydrogens is 412 g/mol. The highest BCUT2D eigenvalue weighted by Crippen LogP contribution is 2.36. The smallest absolute Gasteiger partial charge is 0.260 e. The maximum atomic E-state index is 12.9. The summed E-state index contributed by atoms with van der Waals surface area (Å²) in [6.45, 7) is 6.07. The van der Waals surface area contributed by atoms with Gasteiger partial charge in [-0.3, -0.25) is 14.5 Å². The van der Waals surface area contributed by atoms with E-state index in [9.17, 15) is 9.59 Å². The van der Waals surface area contributed by atoms with Gasteiger partial charge in [0.25, 0.3) is 11.8 Å². The third-order valence-corrected chi connectivity index (χ3v) is 6.17. The van der Waals surface area contributed by atoms with Crippen molar-refractivity contribution in [3.05, 3.63) is 94.8 Å². The molecule has 1 aliphatic rings. The maximum absolute atomic E-state index is 12.9. The lowest BCUT2D eigenvalue weighted by Crippen LogP contribution is -2.37. The zero-order chi connectivity index (χ0) is 23.1. The van der Waals surface area contributed by atoms with Crippen molar-refractivity contribution in [2.24, 2.45) is 5.10 Å². The Balaban J connectivity index is 1.32.